The fourth-order valence-electron chi connectivity index (χ4n) is 1.79. The first-order valence-electron chi connectivity index (χ1n) is 6.14. The molecular weight excluding hydrogens is 214 g/mol. The maximum atomic E-state index is 4.39. The van der Waals surface area contributed by atoms with Crippen LogP contribution < -0.4 is 5.32 Å². The van der Waals surface area contributed by atoms with Crippen molar-refractivity contribution in [1.82, 2.24) is 24.6 Å². The van der Waals surface area contributed by atoms with Crippen molar-refractivity contribution in [2.45, 2.75) is 38.9 Å². The van der Waals surface area contributed by atoms with E-state index in [1.54, 1.807) is 0 Å². The van der Waals surface area contributed by atoms with Crippen molar-refractivity contribution in [2.75, 3.05) is 0 Å². The molecule has 5 nitrogen and oxygen atoms in total. The highest BCUT2D eigenvalue weighted by Crippen LogP contribution is 2.19. The Hall–Kier alpha value is -1.62. The van der Waals surface area contributed by atoms with Crippen molar-refractivity contribution < 1.29 is 0 Å². The first-order chi connectivity index (χ1) is 8.35. The van der Waals surface area contributed by atoms with Crippen molar-refractivity contribution in [1.29, 1.82) is 0 Å². The molecule has 1 fully saturated rings. The van der Waals surface area contributed by atoms with Crippen LogP contribution in [0.1, 0.15) is 25.5 Å². The Bertz CT molecular complexity index is 494. The van der Waals surface area contributed by atoms with Gasteiger partial charge in [-0.2, -0.15) is 5.10 Å². The first-order valence-corrected chi connectivity index (χ1v) is 6.14. The molecular formula is C12H17N5. The zero-order valence-electron chi connectivity index (χ0n) is 10.0. The zero-order chi connectivity index (χ0) is 11.7. The molecule has 1 saturated carbocycles. The molecule has 2 heterocycles. The van der Waals surface area contributed by atoms with Gasteiger partial charge in [0.15, 0.2) is 0 Å². The summed E-state index contributed by atoms with van der Waals surface area (Å²) < 4.78 is 3.93. The lowest BCUT2D eigenvalue weighted by Crippen LogP contribution is -2.15. The lowest BCUT2D eigenvalue weighted by atomic mass is 10.4. The summed E-state index contributed by atoms with van der Waals surface area (Å²) in [6.45, 7) is 3.83. The molecule has 0 bridgehead atoms. The second kappa shape index (κ2) is 4.33. The summed E-state index contributed by atoms with van der Waals surface area (Å²) in [5, 5.41) is 7.71. The number of hydrogen-bond donors (Lipinski definition) is 1. The van der Waals surface area contributed by atoms with Crippen LogP contribution in [-0.4, -0.2) is 25.4 Å². The average molecular weight is 231 g/mol. The third-order valence-corrected chi connectivity index (χ3v) is 3.03. The Labute approximate surface area is 100 Å². The summed E-state index contributed by atoms with van der Waals surface area (Å²) in [7, 11) is 0. The third kappa shape index (κ3) is 2.39. The van der Waals surface area contributed by atoms with Gasteiger partial charge in [0.1, 0.15) is 0 Å². The molecule has 5 heteroatoms. The van der Waals surface area contributed by atoms with E-state index in [9.17, 15) is 0 Å². The number of aryl methyl sites for hydroxylation is 1. The van der Waals surface area contributed by atoms with Gasteiger partial charge in [0.25, 0.3) is 0 Å². The topological polar surface area (TPSA) is 47.7 Å². The predicted octanol–water partition coefficient (Wildman–Crippen LogP) is 1.34. The minimum Gasteiger partial charge on any atom is -0.308 e. The summed E-state index contributed by atoms with van der Waals surface area (Å²) in [5.41, 5.74) is 2.15. The van der Waals surface area contributed by atoms with Gasteiger partial charge in [0.05, 0.1) is 23.9 Å². The van der Waals surface area contributed by atoms with Gasteiger partial charge in [-0.1, -0.05) is 0 Å². The Morgan fingerprint density at radius 1 is 1.41 bits per heavy atom. The molecule has 90 valence electrons. The lowest BCUT2D eigenvalue weighted by Gasteiger charge is -1.98. The number of nitrogens with one attached hydrogen (secondary N) is 1. The van der Waals surface area contributed by atoms with Gasteiger partial charge in [-0.05, 0) is 19.8 Å². The van der Waals surface area contributed by atoms with Crippen LogP contribution in [0.3, 0.4) is 0 Å². The summed E-state index contributed by atoms with van der Waals surface area (Å²) >= 11 is 0. The molecule has 0 saturated heterocycles. The first kappa shape index (κ1) is 10.5. The molecule has 0 radical (unpaired) electrons. The Morgan fingerprint density at radius 3 is 3.00 bits per heavy atom. The molecule has 1 aliphatic carbocycles. The maximum absolute atomic E-state index is 4.39. The summed E-state index contributed by atoms with van der Waals surface area (Å²) in [6.07, 6.45) is 10.4. The summed E-state index contributed by atoms with van der Waals surface area (Å²) in [4.78, 5) is 4.39. The minimum absolute atomic E-state index is 0.725. The van der Waals surface area contributed by atoms with E-state index in [0.717, 1.165) is 30.5 Å². The largest absolute Gasteiger partial charge is 0.308 e. The highest BCUT2D eigenvalue weighted by molar-refractivity contribution is 5.26. The van der Waals surface area contributed by atoms with Crippen LogP contribution >= 0.6 is 0 Å². The number of rotatable bonds is 5. The van der Waals surface area contributed by atoms with E-state index in [1.807, 2.05) is 28.0 Å². The number of aromatic nitrogens is 4. The SMILES string of the molecule is CCn1cc(-n2cnc(CNC3CC3)c2)cn1. The van der Waals surface area contributed by atoms with Gasteiger partial charge >= 0.3 is 0 Å². The fourth-order valence-corrected chi connectivity index (χ4v) is 1.79. The van der Waals surface area contributed by atoms with Crippen LogP contribution in [0.25, 0.3) is 5.69 Å². The second-order valence-electron chi connectivity index (χ2n) is 4.48. The molecule has 0 aromatic carbocycles. The Morgan fingerprint density at radius 2 is 2.29 bits per heavy atom. The van der Waals surface area contributed by atoms with E-state index in [-0.39, 0.29) is 0 Å². The maximum Gasteiger partial charge on any atom is 0.0996 e. The molecule has 1 aliphatic rings. The van der Waals surface area contributed by atoms with E-state index >= 15 is 0 Å². The van der Waals surface area contributed by atoms with E-state index in [1.165, 1.54) is 12.8 Å². The number of hydrogen-bond acceptors (Lipinski definition) is 3. The average Bonchev–Trinajstić information content (AvgIpc) is 2.89. The fraction of sp³-hybridized carbons (Fsp3) is 0.500. The lowest BCUT2D eigenvalue weighted by molar-refractivity contribution is 0.659. The Balaban J connectivity index is 1.69. The van der Waals surface area contributed by atoms with Crippen molar-refractivity contribution in [3.63, 3.8) is 0 Å². The quantitative estimate of drug-likeness (QED) is 0.844. The van der Waals surface area contributed by atoms with Crippen molar-refractivity contribution in [3.05, 3.63) is 30.6 Å². The molecule has 0 atom stereocenters. The van der Waals surface area contributed by atoms with Gasteiger partial charge < -0.3 is 9.88 Å². The van der Waals surface area contributed by atoms with E-state index in [0.29, 0.717) is 0 Å². The molecule has 0 spiro atoms. The normalized spacial score (nSPS) is 15.4. The van der Waals surface area contributed by atoms with Gasteiger partial charge in [0, 0.05) is 31.5 Å². The molecule has 0 aliphatic heterocycles. The summed E-state index contributed by atoms with van der Waals surface area (Å²) in [6, 6.07) is 0.725. The van der Waals surface area contributed by atoms with Crippen molar-refractivity contribution >= 4 is 0 Å². The third-order valence-electron chi connectivity index (χ3n) is 3.03. The smallest absolute Gasteiger partial charge is 0.0996 e. The van der Waals surface area contributed by atoms with Gasteiger partial charge in [-0.15, -0.1) is 0 Å². The van der Waals surface area contributed by atoms with Crippen LogP contribution in [0.15, 0.2) is 24.9 Å². The molecule has 0 unspecified atom stereocenters. The van der Waals surface area contributed by atoms with Crippen molar-refractivity contribution in [2.24, 2.45) is 0 Å². The van der Waals surface area contributed by atoms with Gasteiger partial charge in [-0.3, -0.25) is 4.68 Å². The number of imidazole rings is 1. The zero-order valence-corrected chi connectivity index (χ0v) is 10.0. The van der Waals surface area contributed by atoms with Gasteiger partial charge in [0.2, 0.25) is 0 Å². The minimum atomic E-state index is 0.725. The van der Waals surface area contributed by atoms with Crippen LogP contribution in [0.5, 0.6) is 0 Å². The molecule has 2 aromatic heterocycles. The van der Waals surface area contributed by atoms with E-state index in [4.69, 9.17) is 0 Å². The molecule has 2 aromatic rings. The summed E-state index contributed by atoms with van der Waals surface area (Å²) in [5.74, 6) is 0. The molecule has 0 amide bonds. The van der Waals surface area contributed by atoms with Crippen molar-refractivity contribution in [3.8, 4) is 5.69 Å². The van der Waals surface area contributed by atoms with Gasteiger partial charge in [-0.25, -0.2) is 4.98 Å². The molecule has 1 N–H and O–H groups in total. The molecule has 17 heavy (non-hydrogen) atoms. The second-order valence-corrected chi connectivity index (χ2v) is 4.48. The van der Waals surface area contributed by atoms with E-state index in [2.05, 4.69) is 28.5 Å². The van der Waals surface area contributed by atoms with Crippen LogP contribution in [0, 0.1) is 0 Å². The monoisotopic (exact) mass is 231 g/mol. The highest BCUT2D eigenvalue weighted by atomic mass is 15.3. The standard InChI is InChI=1S/C12H17N5/c1-2-17-8-12(6-15-17)16-7-11(14-9-16)5-13-10-3-4-10/h6-10,13H,2-5H2,1H3. The van der Waals surface area contributed by atoms with Crippen LogP contribution in [0.2, 0.25) is 0 Å². The Kier molecular flexibility index (Phi) is 2.68. The number of nitrogens with zero attached hydrogens (tertiary/aromatic N) is 4. The predicted molar refractivity (Wildman–Crippen MR) is 64.9 cm³/mol. The highest BCUT2D eigenvalue weighted by Gasteiger charge is 2.20. The van der Waals surface area contributed by atoms with Crippen LogP contribution in [0.4, 0.5) is 0 Å². The van der Waals surface area contributed by atoms with E-state index < -0.39 is 0 Å². The van der Waals surface area contributed by atoms with Crippen LogP contribution in [-0.2, 0) is 13.1 Å². The molecule has 3 rings (SSSR count).